The fraction of sp³-hybridized carbons (Fsp3) is 0.167. The van der Waals surface area contributed by atoms with Gasteiger partial charge < -0.3 is 0 Å². The number of alkyl halides is 1. The van der Waals surface area contributed by atoms with E-state index in [0.717, 1.165) is 0 Å². The molecule has 0 radical (unpaired) electrons. The smallest absolute Gasteiger partial charge is 0.166 e. The van der Waals surface area contributed by atoms with E-state index in [9.17, 15) is 4.39 Å². The summed E-state index contributed by atoms with van der Waals surface area (Å²) < 4.78 is 12.7. The molecule has 0 spiro atoms. The topological polar surface area (TPSA) is 12.9 Å². The minimum atomic E-state index is -0.550. The Balaban J connectivity index is 3.21. The van der Waals surface area contributed by atoms with Gasteiger partial charge in [0.1, 0.15) is 5.15 Å². The standard InChI is InChI=1S/C6H3BrCl2FN/c7-2-3-1-4(10)6(9)11-5(3)8/h1H,2H2. The van der Waals surface area contributed by atoms with Crippen LogP contribution in [-0.4, -0.2) is 4.98 Å². The van der Waals surface area contributed by atoms with Crippen molar-refractivity contribution in [3.8, 4) is 0 Å². The Morgan fingerprint density at radius 1 is 1.45 bits per heavy atom. The van der Waals surface area contributed by atoms with Crippen molar-refractivity contribution < 1.29 is 4.39 Å². The lowest BCUT2D eigenvalue weighted by atomic mass is 10.3. The van der Waals surface area contributed by atoms with Crippen LogP contribution in [0.3, 0.4) is 0 Å². The summed E-state index contributed by atoms with van der Waals surface area (Å²) >= 11 is 14.1. The van der Waals surface area contributed by atoms with E-state index in [0.29, 0.717) is 10.9 Å². The van der Waals surface area contributed by atoms with E-state index in [-0.39, 0.29) is 10.3 Å². The van der Waals surface area contributed by atoms with E-state index < -0.39 is 5.82 Å². The van der Waals surface area contributed by atoms with Gasteiger partial charge in [0, 0.05) is 10.9 Å². The maximum atomic E-state index is 12.7. The zero-order valence-corrected chi connectivity index (χ0v) is 8.34. The van der Waals surface area contributed by atoms with Crippen LogP contribution < -0.4 is 0 Å². The highest BCUT2D eigenvalue weighted by Crippen LogP contribution is 2.21. The van der Waals surface area contributed by atoms with Gasteiger partial charge in [0.2, 0.25) is 0 Å². The molecule has 0 saturated carbocycles. The lowest BCUT2D eigenvalue weighted by Gasteiger charge is -1.99. The highest BCUT2D eigenvalue weighted by molar-refractivity contribution is 9.08. The molecule has 0 unspecified atom stereocenters. The van der Waals surface area contributed by atoms with E-state index in [1.807, 2.05) is 0 Å². The summed E-state index contributed by atoms with van der Waals surface area (Å²) in [5.41, 5.74) is 0.591. The number of rotatable bonds is 1. The molecular formula is C6H3BrCl2FN. The van der Waals surface area contributed by atoms with Crippen LogP contribution in [0.2, 0.25) is 10.3 Å². The third-order valence-electron chi connectivity index (χ3n) is 1.10. The van der Waals surface area contributed by atoms with E-state index in [1.165, 1.54) is 6.07 Å². The summed E-state index contributed by atoms with van der Waals surface area (Å²) in [6.07, 6.45) is 0. The summed E-state index contributed by atoms with van der Waals surface area (Å²) in [7, 11) is 0. The Kier molecular flexibility index (Phi) is 3.10. The lowest BCUT2D eigenvalue weighted by molar-refractivity contribution is 0.620. The van der Waals surface area contributed by atoms with Gasteiger partial charge in [0.15, 0.2) is 11.0 Å². The Labute approximate surface area is 81.7 Å². The molecule has 1 rings (SSSR count). The third-order valence-corrected chi connectivity index (χ3v) is 2.30. The first-order valence-corrected chi connectivity index (χ1v) is 4.59. The average Bonchev–Trinajstić information content (AvgIpc) is 1.97. The van der Waals surface area contributed by atoms with Crippen molar-refractivity contribution in [1.82, 2.24) is 4.98 Å². The van der Waals surface area contributed by atoms with Crippen LogP contribution in [-0.2, 0) is 5.33 Å². The van der Waals surface area contributed by atoms with Crippen molar-refractivity contribution in [3.05, 3.63) is 27.8 Å². The molecule has 1 aromatic rings. The SMILES string of the molecule is Fc1cc(CBr)c(Cl)nc1Cl. The lowest BCUT2D eigenvalue weighted by Crippen LogP contribution is -1.89. The molecule has 0 fully saturated rings. The first kappa shape index (κ1) is 9.23. The number of nitrogens with zero attached hydrogens (tertiary/aromatic N) is 1. The normalized spacial score (nSPS) is 10.2. The summed E-state index contributed by atoms with van der Waals surface area (Å²) in [5.74, 6) is -0.550. The minimum Gasteiger partial charge on any atom is -0.221 e. The quantitative estimate of drug-likeness (QED) is 0.556. The maximum Gasteiger partial charge on any atom is 0.166 e. The first-order valence-electron chi connectivity index (χ1n) is 2.71. The average molecular weight is 259 g/mol. The van der Waals surface area contributed by atoms with Crippen molar-refractivity contribution in [3.63, 3.8) is 0 Å². The molecule has 5 heteroatoms. The number of hydrogen-bond acceptors (Lipinski definition) is 1. The van der Waals surface area contributed by atoms with Crippen molar-refractivity contribution in [2.75, 3.05) is 0 Å². The molecule has 0 N–H and O–H groups in total. The Hall–Kier alpha value is 0.140. The van der Waals surface area contributed by atoms with Gasteiger partial charge in [-0.05, 0) is 6.07 Å². The molecular weight excluding hydrogens is 256 g/mol. The maximum absolute atomic E-state index is 12.7. The Morgan fingerprint density at radius 3 is 2.64 bits per heavy atom. The fourth-order valence-electron chi connectivity index (χ4n) is 0.577. The van der Waals surface area contributed by atoms with Crippen LogP contribution in [0.15, 0.2) is 6.07 Å². The van der Waals surface area contributed by atoms with Gasteiger partial charge in [0.25, 0.3) is 0 Å². The second-order valence-corrected chi connectivity index (χ2v) is 3.12. The molecule has 1 nitrogen and oxygen atoms in total. The predicted molar refractivity (Wildman–Crippen MR) is 46.8 cm³/mol. The second-order valence-electron chi connectivity index (χ2n) is 1.84. The second kappa shape index (κ2) is 3.70. The van der Waals surface area contributed by atoms with Gasteiger partial charge in [-0.2, -0.15) is 0 Å². The van der Waals surface area contributed by atoms with E-state index in [2.05, 4.69) is 20.9 Å². The molecule has 60 valence electrons. The van der Waals surface area contributed by atoms with Crippen molar-refractivity contribution in [2.45, 2.75) is 5.33 Å². The largest absolute Gasteiger partial charge is 0.221 e. The molecule has 1 heterocycles. The number of hydrogen-bond donors (Lipinski definition) is 0. The molecule has 0 bridgehead atoms. The molecule has 0 amide bonds. The van der Waals surface area contributed by atoms with Crippen LogP contribution >= 0.6 is 39.1 Å². The minimum absolute atomic E-state index is 0.195. The summed E-state index contributed by atoms with van der Waals surface area (Å²) in [6, 6.07) is 1.26. The summed E-state index contributed by atoms with van der Waals surface area (Å²) in [6.45, 7) is 0. The Bertz CT molecular complexity index is 280. The van der Waals surface area contributed by atoms with Crippen LogP contribution in [0.4, 0.5) is 4.39 Å². The number of halogens is 4. The van der Waals surface area contributed by atoms with E-state index in [1.54, 1.807) is 0 Å². The van der Waals surface area contributed by atoms with Gasteiger partial charge in [-0.15, -0.1) is 0 Å². The number of pyridine rings is 1. The molecule has 0 aromatic carbocycles. The number of aromatic nitrogens is 1. The van der Waals surface area contributed by atoms with E-state index in [4.69, 9.17) is 23.2 Å². The molecule has 0 atom stereocenters. The predicted octanol–water partition coefficient (Wildman–Crippen LogP) is 3.42. The van der Waals surface area contributed by atoms with Crippen molar-refractivity contribution in [2.24, 2.45) is 0 Å². The molecule has 1 aromatic heterocycles. The summed E-state index contributed by atoms with van der Waals surface area (Å²) in [5, 5.41) is 0.500. The monoisotopic (exact) mass is 257 g/mol. The van der Waals surface area contributed by atoms with Crippen LogP contribution in [0.25, 0.3) is 0 Å². The molecule has 0 aliphatic heterocycles. The molecule has 0 aliphatic rings. The zero-order valence-electron chi connectivity index (χ0n) is 5.24. The Morgan fingerprint density at radius 2 is 2.09 bits per heavy atom. The van der Waals surface area contributed by atoms with Gasteiger partial charge in [0.05, 0.1) is 0 Å². The molecule has 0 saturated heterocycles. The zero-order chi connectivity index (χ0) is 8.43. The molecule has 0 aliphatic carbocycles. The highest BCUT2D eigenvalue weighted by atomic mass is 79.9. The van der Waals surface area contributed by atoms with Gasteiger partial charge in [-0.25, -0.2) is 9.37 Å². The van der Waals surface area contributed by atoms with Crippen LogP contribution in [0.5, 0.6) is 0 Å². The van der Waals surface area contributed by atoms with Crippen molar-refractivity contribution in [1.29, 1.82) is 0 Å². The van der Waals surface area contributed by atoms with Gasteiger partial charge in [-0.3, -0.25) is 0 Å². The van der Waals surface area contributed by atoms with Gasteiger partial charge in [-0.1, -0.05) is 39.1 Å². The van der Waals surface area contributed by atoms with Crippen LogP contribution in [0.1, 0.15) is 5.56 Å². The summed E-state index contributed by atoms with van der Waals surface area (Å²) in [4.78, 5) is 3.57. The molecule has 11 heavy (non-hydrogen) atoms. The van der Waals surface area contributed by atoms with Crippen molar-refractivity contribution >= 4 is 39.1 Å². The van der Waals surface area contributed by atoms with Crippen LogP contribution in [0, 0.1) is 5.82 Å². The fourth-order valence-corrected chi connectivity index (χ4v) is 1.55. The third kappa shape index (κ3) is 2.04. The first-order chi connectivity index (χ1) is 5.15. The van der Waals surface area contributed by atoms with Gasteiger partial charge >= 0.3 is 0 Å². The highest BCUT2D eigenvalue weighted by Gasteiger charge is 2.06. The van der Waals surface area contributed by atoms with E-state index >= 15 is 0 Å².